The summed E-state index contributed by atoms with van der Waals surface area (Å²) in [4.78, 5) is 0. The second-order valence-electron chi connectivity index (χ2n) is 4.38. The topological polar surface area (TPSA) is 20.2 Å². The minimum Gasteiger partial charge on any atom is -0.506 e. The molecular weight excluding hydrogens is 247 g/mol. The van der Waals surface area contributed by atoms with Crippen molar-refractivity contribution in [2.45, 2.75) is 13.8 Å². The molecule has 0 aliphatic heterocycles. The molecule has 3 aromatic rings. The van der Waals surface area contributed by atoms with E-state index in [4.69, 9.17) is 0 Å². The molecule has 0 radical (unpaired) electrons. The van der Waals surface area contributed by atoms with Gasteiger partial charge in [0.1, 0.15) is 5.75 Å². The molecule has 0 amide bonds. The van der Waals surface area contributed by atoms with Gasteiger partial charge in [0, 0.05) is 15.5 Å². The van der Waals surface area contributed by atoms with Crippen molar-refractivity contribution in [3.8, 4) is 5.75 Å². The van der Waals surface area contributed by atoms with E-state index in [2.05, 4.69) is 34.4 Å². The molecule has 1 N–H and O–H groups in total. The standard InChI is InChI=1S/C14H13OPS/c1-7-3-5-9-10-6-4-8(2)12(16)14(10)17-13(9)11(7)15/h3-6,15H,16H2,1-2H3. The summed E-state index contributed by atoms with van der Waals surface area (Å²) < 4.78 is 2.25. The maximum Gasteiger partial charge on any atom is 0.136 e. The molecule has 0 spiro atoms. The van der Waals surface area contributed by atoms with Gasteiger partial charge in [-0.25, -0.2) is 0 Å². The predicted molar refractivity (Wildman–Crippen MR) is 79.8 cm³/mol. The smallest absolute Gasteiger partial charge is 0.136 e. The molecule has 1 nitrogen and oxygen atoms in total. The number of phenolic OH excluding ortho intramolecular Hbond substituents is 1. The summed E-state index contributed by atoms with van der Waals surface area (Å²) in [6.07, 6.45) is 0. The molecule has 86 valence electrons. The van der Waals surface area contributed by atoms with Crippen LogP contribution in [-0.2, 0) is 0 Å². The Morgan fingerprint density at radius 3 is 2.24 bits per heavy atom. The molecule has 0 bridgehead atoms. The molecule has 1 heterocycles. The van der Waals surface area contributed by atoms with Crippen molar-refractivity contribution in [1.82, 2.24) is 0 Å². The summed E-state index contributed by atoms with van der Waals surface area (Å²) in [5, 5.41) is 13.7. The zero-order valence-electron chi connectivity index (χ0n) is 9.74. The fourth-order valence-electron chi connectivity index (χ4n) is 2.11. The fourth-order valence-corrected chi connectivity index (χ4v) is 3.84. The van der Waals surface area contributed by atoms with Crippen molar-refractivity contribution in [1.29, 1.82) is 0 Å². The summed E-state index contributed by atoms with van der Waals surface area (Å²) in [5.74, 6) is 0.422. The van der Waals surface area contributed by atoms with E-state index in [0.717, 1.165) is 15.6 Å². The third-order valence-electron chi connectivity index (χ3n) is 3.24. The number of fused-ring (bicyclic) bond motifs is 3. The third kappa shape index (κ3) is 1.48. The molecule has 1 unspecified atom stereocenters. The maximum atomic E-state index is 10.1. The van der Waals surface area contributed by atoms with Gasteiger partial charge >= 0.3 is 0 Å². The summed E-state index contributed by atoms with van der Waals surface area (Å²) in [5.41, 5.74) is 2.20. The lowest BCUT2D eigenvalue weighted by atomic mass is 10.1. The number of aryl methyl sites for hydroxylation is 2. The van der Waals surface area contributed by atoms with E-state index in [9.17, 15) is 5.11 Å². The van der Waals surface area contributed by atoms with E-state index in [0.29, 0.717) is 5.75 Å². The zero-order valence-corrected chi connectivity index (χ0v) is 11.7. The first-order chi connectivity index (χ1) is 8.09. The molecule has 1 aromatic heterocycles. The zero-order chi connectivity index (χ0) is 12.2. The molecule has 0 aliphatic rings. The van der Waals surface area contributed by atoms with E-state index in [1.807, 2.05) is 13.0 Å². The molecule has 0 saturated heterocycles. The van der Waals surface area contributed by atoms with Crippen molar-refractivity contribution in [2.75, 3.05) is 0 Å². The first kappa shape index (κ1) is 11.0. The average molecular weight is 260 g/mol. The van der Waals surface area contributed by atoms with Crippen molar-refractivity contribution >= 4 is 46.1 Å². The predicted octanol–water partition coefficient (Wildman–Crippen LogP) is 3.88. The second-order valence-corrected chi connectivity index (χ2v) is 5.98. The highest BCUT2D eigenvalue weighted by Crippen LogP contribution is 2.40. The fraction of sp³-hybridized carbons (Fsp3) is 0.143. The Morgan fingerprint density at radius 1 is 0.941 bits per heavy atom. The lowest BCUT2D eigenvalue weighted by Crippen LogP contribution is -1.95. The van der Waals surface area contributed by atoms with Gasteiger partial charge in [-0.15, -0.1) is 20.6 Å². The summed E-state index contributed by atoms with van der Waals surface area (Å²) in [6.45, 7) is 4.04. The van der Waals surface area contributed by atoms with Crippen LogP contribution < -0.4 is 5.30 Å². The van der Waals surface area contributed by atoms with E-state index in [-0.39, 0.29) is 0 Å². The highest BCUT2D eigenvalue weighted by molar-refractivity contribution is 7.35. The number of phenols is 1. The van der Waals surface area contributed by atoms with Gasteiger partial charge in [0.2, 0.25) is 0 Å². The van der Waals surface area contributed by atoms with E-state index in [1.165, 1.54) is 21.0 Å². The highest BCUT2D eigenvalue weighted by Gasteiger charge is 2.12. The first-order valence-corrected chi connectivity index (χ1v) is 6.89. The van der Waals surface area contributed by atoms with Gasteiger partial charge in [0.25, 0.3) is 0 Å². The van der Waals surface area contributed by atoms with Crippen LogP contribution in [0.1, 0.15) is 11.1 Å². The SMILES string of the molecule is Cc1ccc2c(sc3c(P)c(C)ccc32)c1O. The molecule has 2 aromatic carbocycles. The molecule has 1 atom stereocenters. The van der Waals surface area contributed by atoms with Crippen LogP contribution >= 0.6 is 20.6 Å². The van der Waals surface area contributed by atoms with Crippen LogP contribution in [0.25, 0.3) is 20.2 Å². The molecule has 0 fully saturated rings. The minimum atomic E-state index is 0.422. The number of thiophene rings is 1. The number of rotatable bonds is 0. The van der Waals surface area contributed by atoms with Crippen molar-refractivity contribution in [3.05, 3.63) is 35.4 Å². The van der Waals surface area contributed by atoms with Gasteiger partial charge in [0.05, 0.1) is 4.70 Å². The Kier molecular flexibility index (Phi) is 2.39. The van der Waals surface area contributed by atoms with Crippen molar-refractivity contribution in [3.63, 3.8) is 0 Å². The Bertz CT molecular complexity index is 681. The Labute approximate surface area is 106 Å². The van der Waals surface area contributed by atoms with Gasteiger partial charge in [-0.2, -0.15) is 0 Å². The molecule has 3 rings (SSSR count). The maximum absolute atomic E-state index is 10.1. The average Bonchev–Trinajstić information content (AvgIpc) is 2.69. The molecular formula is C14H13OPS. The number of hydrogen-bond acceptors (Lipinski definition) is 2. The van der Waals surface area contributed by atoms with Crippen molar-refractivity contribution < 1.29 is 5.11 Å². The normalized spacial score (nSPS) is 11.5. The van der Waals surface area contributed by atoms with Crippen molar-refractivity contribution in [2.24, 2.45) is 0 Å². The largest absolute Gasteiger partial charge is 0.506 e. The van der Waals surface area contributed by atoms with Crippen LogP contribution in [0.15, 0.2) is 24.3 Å². The van der Waals surface area contributed by atoms with Crippen LogP contribution in [0.3, 0.4) is 0 Å². The second kappa shape index (κ2) is 3.69. The Morgan fingerprint density at radius 2 is 1.53 bits per heavy atom. The van der Waals surface area contributed by atoms with Crippen LogP contribution in [0.2, 0.25) is 0 Å². The van der Waals surface area contributed by atoms with E-state index < -0.39 is 0 Å². The monoisotopic (exact) mass is 260 g/mol. The lowest BCUT2D eigenvalue weighted by molar-refractivity contribution is 0.478. The van der Waals surface area contributed by atoms with Gasteiger partial charge in [0.15, 0.2) is 0 Å². The number of benzene rings is 2. The number of aromatic hydroxyl groups is 1. The van der Waals surface area contributed by atoms with E-state index >= 15 is 0 Å². The minimum absolute atomic E-state index is 0.422. The van der Waals surface area contributed by atoms with Gasteiger partial charge in [-0.1, -0.05) is 24.3 Å². The summed E-state index contributed by atoms with van der Waals surface area (Å²) in [7, 11) is 2.81. The van der Waals surface area contributed by atoms with Gasteiger partial charge < -0.3 is 5.11 Å². The quantitative estimate of drug-likeness (QED) is 0.608. The lowest BCUT2D eigenvalue weighted by Gasteiger charge is -2.00. The van der Waals surface area contributed by atoms with Crippen LogP contribution in [-0.4, -0.2) is 5.11 Å². The Balaban J connectivity index is 2.58. The molecule has 17 heavy (non-hydrogen) atoms. The van der Waals surface area contributed by atoms with Gasteiger partial charge in [-0.3, -0.25) is 0 Å². The first-order valence-electron chi connectivity index (χ1n) is 5.49. The molecule has 0 aliphatic carbocycles. The van der Waals surface area contributed by atoms with Gasteiger partial charge in [-0.05, 0) is 30.3 Å². The Hall–Kier alpha value is -1.11. The summed E-state index contributed by atoms with van der Waals surface area (Å²) >= 11 is 1.67. The van der Waals surface area contributed by atoms with Crippen LogP contribution in [0.4, 0.5) is 0 Å². The molecule has 3 heteroatoms. The summed E-state index contributed by atoms with van der Waals surface area (Å²) in [6, 6.07) is 8.36. The molecule has 0 saturated carbocycles. The third-order valence-corrected chi connectivity index (χ3v) is 5.46. The highest BCUT2D eigenvalue weighted by atomic mass is 32.1. The van der Waals surface area contributed by atoms with Crippen LogP contribution in [0, 0.1) is 13.8 Å². The number of hydrogen-bond donors (Lipinski definition) is 1. The van der Waals surface area contributed by atoms with Crippen LogP contribution in [0.5, 0.6) is 5.75 Å². The van der Waals surface area contributed by atoms with E-state index in [1.54, 1.807) is 11.3 Å².